The molecule has 0 saturated carbocycles. The lowest BCUT2D eigenvalue weighted by Crippen LogP contribution is -2.50. The van der Waals surface area contributed by atoms with Crippen molar-refractivity contribution in [1.29, 1.82) is 0 Å². The van der Waals surface area contributed by atoms with Gasteiger partial charge in [0.1, 0.15) is 5.75 Å². The van der Waals surface area contributed by atoms with Gasteiger partial charge in [-0.1, -0.05) is 30.3 Å². The molecule has 2 atom stereocenters. The third kappa shape index (κ3) is 3.53. The van der Waals surface area contributed by atoms with Crippen LogP contribution in [0.3, 0.4) is 0 Å². The van der Waals surface area contributed by atoms with Crippen molar-refractivity contribution in [2.75, 3.05) is 7.11 Å². The summed E-state index contributed by atoms with van der Waals surface area (Å²) in [5.41, 5.74) is 0.948. The van der Waals surface area contributed by atoms with Gasteiger partial charge < -0.3 is 9.64 Å². The number of hydrogen-bond donors (Lipinski definition) is 0. The van der Waals surface area contributed by atoms with Crippen molar-refractivity contribution in [2.24, 2.45) is 0 Å². The zero-order valence-corrected chi connectivity index (χ0v) is 16.8. The van der Waals surface area contributed by atoms with Crippen LogP contribution in [0.25, 0.3) is 0 Å². The van der Waals surface area contributed by atoms with Crippen molar-refractivity contribution in [3.63, 3.8) is 0 Å². The van der Waals surface area contributed by atoms with E-state index in [1.165, 1.54) is 0 Å². The molecule has 0 spiro atoms. The van der Waals surface area contributed by atoms with Crippen LogP contribution in [0.5, 0.6) is 5.75 Å². The number of carbonyl (C=O) groups is 1. The molecule has 0 N–H and O–H groups in total. The number of benzene rings is 2. The van der Waals surface area contributed by atoms with Gasteiger partial charge in [-0.25, -0.2) is 8.42 Å². The van der Waals surface area contributed by atoms with E-state index in [9.17, 15) is 13.2 Å². The third-order valence-electron chi connectivity index (χ3n) is 6.00. The average Bonchev–Trinajstić information content (AvgIpc) is 2.98. The smallest absolute Gasteiger partial charge is 0.227 e. The van der Waals surface area contributed by atoms with Crippen LogP contribution in [0.15, 0.2) is 59.5 Å². The van der Waals surface area contributed by atoms with E-state index >= 15 is 0 Å². The van der Waals surface area contributed by atoms with E-state index in [0.29, 0.717) is 24.2 Å². The highest BCUT2D eigenvalue weighted by atomic mass is 32.2. The number of rotatable bonds is 5. The van der Waals surface area contributed by atoms with Gasteiger partial charge in [-0.15, -0.1) is 0 Å². The standard InChI is InChI=1S/C22H25NO4S/c1-27-19-11-7-16(8-12-19)13-22(24)23-17-9-10-18(23)15-21(14-17)28(25,26)20-5-3-2-4-6-20/h2-8,11-12,17-18,21H,9-10,13-15H2,1H3. The molecule has 148 valence electrons. The maximum absolute atomic E-state index is 13.0. The molecular formula is C22H25NO4S. The second kappa shape index (κ2) is 7.59. The van der Waals surface area contributed by atoms with Crippen molar-refractivity contribution >= 4 is 15.7 Å². The Labute approximate surface area is 166 Å². The van der Waals surface area contributed by atoms with Crippen molar-refractivity contribution in [2.45, 2.75) is 54.3 Å². The van der Waals surface area contributed by atoms with Gasteiger partial charge in [0.2, 0.25) is 5.91 Å². The molecular weight excluding hydrogens is 374 g/mol. The average molecular weight is 400 g/mol. The van der Waals surface area contributed by atoms with Crippen molar-refractivity contribution in [3.8, 4) is 5.75 Å². The Morgan fingerprint density at radius 3 is 2.18 bits per heavy atom. The molecule has 2 heterocycles. The topological polar surface area (TPSA) is 63.7 Å². The van der Waals surface area contributed by atoms with Crippen molar-refractivity contribution < 1.29 is 17.9 Å². The third-order valence-corrected chi connectivity index (χ3v) is 8.19. The molecule has 0 radical (unpaired) electrons. The summed E-state index contributed by atoms with van der Waals surface area (Å²) < 4.78 is 31.2. The highest BCUT2D eigenvalue weighted by molar-refractivity contribution is 7.92. The van der Waals surface area contributed by atoms with Gasteiger partial charge in [0.25, 0.3) is 0 Å². The first-order valence-electron chi connectivity index (χ1n) is 9.72. The van der Waals surface area contributed by atoms with Crippen LogP contribution in [-0.4, -0.2) is 43.7 Å². The SMILES string of the molecule is COc1ccc(CC(=O)N2C3CCC2CC(S(=O)(=O)c2ccccc2)C3)cc1. The number of hydrogen-bond acceptors (Lipinski definition) is 4. The first-order valence-corrected chi connectivity index (χ1v) is 11.3. The maximum Gasteiger partial charge on any atom is 0.227 e. The fourth-order valence-electron chi connectivity index (χ4n) is 4.60. The second-order valence-electron chi connectivity index (χ2n) is 7.66. The molecule has 4 rings (SSSR count). The number of amides is 1. The van der Waals surface area contributed by atoms with Gasteiger partial charge in [-0.3, -0.25) is 4.79 Å². The molecule has 1 amide bonds. The molecule has 2 unspecified atom stereocenters. The number of carbonyl (C=O) groups excluding carboxylic acids is 1. The molecule has 0 aliphatic carbocycles. The van der Waals surface area contributed by atoms with Crippen LogP contribution >= 0.6 is 0 Å². The monoisotopic (exact) mass is 399 g/mol. The summed E-state index contributed by atoms with van der Waals surface area (Å²) in [6.45, 7) is 0. The van der Waals surface area contributed by atoms with Gasteiger partial charge in [0.15, 0.2) is 9.84 Å². The molecule has 2 saturated heterocycles. The van der Waals surface area contributed by atoms with Crippen LogP contribution < -0.4 is 4.74 Å². The number of methoxy groups -OCH3 is 1. The predicted molar refractivity (Wildman–Crippen MR) is 107 cm³/mol. The summed E-state index contributed by atoms with van der Waals surface area (Å²) in [5, 5.41) is -0.405. The zero-order chi connectivity index (χ0) is 19.7. The minimum atomic E-state index is -3.36. The number of nitrogens with zero attached hydrogens (tertiary/aromatic N) is 1. The molecule has 2 aliphatic rings. The molecule has 2 aromatic carbocycles. The summed E-state index contributed by atoms with van der Waals surface area (Å²) in [6.07, 6.45) is 3.18. The highest BCUT2D eigenvalue weighted by Crippen LogP contribution is 2.40. The van der Waals surface area contributed by atoms with E-state index in [2.05, 4.69) is 0 Å². The number of ether oxygens (including phenoxy) is 1. The fourth-order valence-corrected chi connectivity index (χ4v) is 6.47. The predicted octanol–water partition coefficient (Wildman–Crippen LogP) is 3.23. The highest BCUT2D eigenvalue weighted by Gasteiger charge is 2.46. The van der Waals surface area contributed by atoms with Gasteiger partial charge in [0.05, 0.1) is 23.7 Å². The Balaban J connectivity index is 1.47. The summed E-state index contributed by atoms with van der Waals surface area (Å²) in [5.74, 6) is 0.858. The van der Waals surface area contributed by atoms with Crippen LogP contribution in [0, 0.1) is 0 Å². The molecule has 5 nitrogen and oxygen atoms in total. The molecule has 6 heteroatoms. The lowest BCUT2D eigenvalue weighted by molar-refractivity contribution is -0.134. The van der Waals surface area contributed by atoms with E-state index in [1.54, 1.807) is 31.4 Å². The van der Waals surface area contributed by atoms with Crippen LogP contribution in [0.4, 0.5) is 0 Å². The molecule has 2 fully saturated rings. The van der Waals surface area contributed by atoms with E-state index in [-0.39, 0.29) is 18.0 Å². The van der Waals surface area contributed by atoms with Crippen LogP contribution in [-0.2, 0) is 21.1 Å². The Morgan fingerprint density at radius 2 is 1.61 bits per heavy atom. The first-order chi connectivity index (χ1) is 13.5. The Bertz CT molecular complexity index is 926. The summed E-state index contributed by atoms with van der Waals surface area (Å²) in [4.78, 5) is 15.3. The van der Waals surface area contributed by atoms with E-state index in [0.717, 1.165) is 24.2 Å². The lowest BCUT2D eigenvalue weighted by atomic mass is 10.0. The van der Waals surface area contributed by atoms with E-state index in [1.807, 2.05) is 35.2 Å². The van der Waals surface area contributed by atoms with Crippen LogP contribution in [0.1, 0.15) is 31.2 Å². The largest absolute Gasteiger partial charge is 0.497 e. The molecule has 28 heavy (non-hydrogen) atoms. The summed E-state index contributed by atoms with van der Waals surface area (Å²) in [6, 6.07) is 16.2. The number of piperidine rings is 1. The zero-order valence-electron chi connectivity index (χ0n) is 16.0. The minimum Gasteiger partial charge on any atom is -0.497 e. The molecule has 2 aliphatic heterocycles. The summed E-state index contributed by atoms with van der Waals surface area (Å²) in [7, 11) is -1.74. The first kappa shape index (κ1) is 19.0. The lowest BCUT2D eigenvalue weighted by Gasteiger charge is -2.38. The molecule has 2 bridgehead atoms. The van der Waals surface area contributed by atoms with Gasteiger partial charge in [0, 0.05) is 12.1 Å². The fraction of sp³-hybridized carbons (Fsp3) is 0.409. The molecule has 2 aromatic rings. The molecule has 0 aromatic heterocycles. The Hall–Kier alpha value is -2.34. The van der Waals surface area contributed by atoms with Gasteiger partial charge >= 0.3 is 0 Å². The van der Waals surface area contributed by atoms with Crippen molar-refractivity contribution in [1.82, 2.24) is 4.90 Å². The Kier molecular flexibility index (Phi) is 5.15. The van der Waals surface area contributed by atoms with Crippen LogP contribution in [0.2, 0.25) is 0 Å². The van der Waals surface area contributed by atoms with E-state index < -0.39 is 15.1 Å². The normalized spacial score (nSPS) is 24.2. The minimum absolute atomic E-state index is 0.0213. The quantitative estimate of drug-likeness (QED) is 0.774. The second-order valence-corrected chi connectivity index (χ2v) is 9.89. The maximum atomic E-state index is 13.0. The van der Waals surface area contributed by atoms with E-state index in [4.69, 9.17) is 4.74 Å². The summed E-state index contributed by atoms with van der Waals surface area (Å²) >= 11 is 0. The van der Waals surface area contributed by atoms with Crippen molar-refractivity contribution in [3.05, 3.63) is 60.2 Å². The number of fused-ring (bicyclic) bond motifs is 2. The van der Waals surface area contributed by atoms with Gasteiger partial charge in [-0.2, -0.15) is 0 Å². The number of sulfone groups is 1. The van der Waals surface area contributed by atoms with Gasteiger partial charge in [-0.05, 0) is 55.5 Å². The Morgan fingerprint density at radius 1 is 1.00 bits per heavy atom.